The summed E-state index contributed by atoms with van der Waals surface area (Å²) >= 11 is 0. The number of ether oxygens (including phenoxy) is 1. The van der Waals surface area contributed by atoms with Crippen LogP contribution < -0.4 is 10.9 Å². The van der Waals surface area contributed by atoms with Crippen molar-refractivity contribution >= 4 is 11.7 Å². The molecular formula is C17H18N4O3. The second-order valence-electron chi connectivity index (χ2n) is 4.97. The number of nitriles is 1. The lowest BCUT2D eigenvalue weighted by Crippen LogP contribution is -2.20. The molecule has 2 rings (SSSR count). The summed E-state index contributed by atoms with van der Waals surface area (Å²) in [6.45, 7) is 3.59. The van der Waals surface area contributed by atoms with E-state index in [9.17, 15) is 9.59 Å². The number of hydrogen-bond donors (Lipinski definition) is 1. The Balaban J connectivity index is 2.42. The molecule has 1 aromatic carbocycles. The van der Waals surface area contributed by atoms with Gasteiger partial charge in [-0.3, -0.25) is 9.48 Å². The van der Waals surface area contributed by atoms with E-state index in [1.165, 1.54) is 10.9 Å². The molecule has 0 amide bonds. The minimum atomic E-state index is -0.732. The molecule has 0 fully saturated rings. The molecule has 2 aromatic rings. The summed E-state index contributed by atoms with van der Waals surface area (Å²) in [7, 11) is 1.76. The smallest absolute Gasteiger partial charge is 0.350 e. The van der Waals surface area contributed by atoms with Gasteiger partial charge in [0.25, 0.3) is 5.56 Å². The topological polar surface area (TPSA) is 89.1 Å². The van der Waals surface area contributed by atoms with Crippen molar-refractivity contribution in [2.24, 2.45) is 7.05 Å². The molecule has 1 N–H and O–H groups in total. The number of benzene rings is 1. The Morgan fingerprint density at radius 3 is 2.62 bits per heavy atom. The first-order valence-electron chi connectivity index (χ1n) is 7.39. The Bertz CT molecular complexity index is 870. The molecule has 24 heavy (non-hydrogen) atoms. The first kappa shape index (κ1) is 17.1. The third-order valence-electron chi connectivity index (χ3n) is 3.53. The molecule has 0 unspecified atom stereocenters. The molecule has 0 spiro atoms. The third-order valence-corrected chi connectivity index (χ3v) is 3.53. The molecule has 0 saturated heterocycles. The zero-order valence-electron chi connectivity index (χ0n) is 13.7. The van der Waals surface area contributed by atoms with Crippen LogP contribution in [0.5, 0.6) is 0 Å². The quantitative estimate of drug-likeness (QED) is 0.515. The van der Waals surface area contributed by atoms with Crippen molar-refractivity contribution in [3.05, 3.63) is 58.2 Å². The van der Waals surface area contributed by atoms with Crippen molar-refractivity contribution in [1.29, 1.82) is 5.26 Å². The Morgan fingerprint density at radius 2 is 2.04 bits per heavy atom. The molecule has 0 aliphatic rings. The fourth-order valence-corrected chi connectivity index (χ4v) is 2.22. The number of anilines is 1. The molecule has 0 aliphatic heterocycles. The molecule has 124 valence electrons. The molecule has 0 radical (unpaired) electrons. The highest BCUT2D eigenvalue weighted by Crippen LogP contribution is 2.14. The van der Waals surface area contributed by atoms with Gasteiger partial charge in [-0.05, 0) is 26.0 Å². The van der Waals surface area contributed by atoms with E-state index in [4.69, 9.17) is 10.00 Å². The average molecular weight is 326 g/mol. The van der Waals surface area contributed by atoms with Crippen molar-refractivity contribution in [2.75, 3.05) is 11.9 Å². The zero-order chi connectivity index (χ0) is 17.7. The predicted octanol–water partition coefficient (Wildman–Crippen LogP) is 1.87. The normalized spacial score (nSPS) is 11.0. The molecule has 7 heteroatoms. The van der Waals surface area contributed by atoms with Gasteiger partial charge in [0.1, 0.15) is 11.8 Å². The van der Waals surface area contributed by atoms with E-state index in [2.05, 4.69) is 5.32 Å². The summed E-state index contributed by atoms with van der Waals surface area (Å²) in [6.07, 6.45) is 1.19. The van der Waals surface area contributed by atoms with Gasteiger partial charge < -0.3 is 10.1 Å². The minimum absolute atomic E-state index is 0.170. The maximum absolute atomic E-state index is 12.7. The maximum Gasteiger partial charge on any atom is 0.350 e. The number of aromatic nitrogens is 2. The van der Waals surface area contributed by atoms with Crippen LogP contribution in [-0.4, -0.2) is 21.9 Å². The first-order valence-corrected chi connectivity index (χ1v) is 7.39. The molecule has 0 aliphatic carbocycles. The van der Waals surface area contributed by atoms with Crippen LogP contribution in [0.2, 0.25) is 0 Å². The van der Waals surface area contributed by atoms with Crippen LogP contribution in [0.3, 0.4) is 0 Å². The summed E-state index contributed by atoms with van der Waals surface area (Å²) in [4.78, 5) is 24.3. The van der Waals surface area contributed by atoms with Crippen LogP contribution in [0.25, 0.3) is 5.69 Å². The highest BCUT2D eigenvalue weighted by molar-refractivity contribution is 5.93. The monoisotopic (exact) mass is 326 g/mol. The summed E-state index contributed by atoms with van der Waals surface area (Å²) in [5.41, 5.74) is 1.19. The van der Waals surface area contributed by atoms with E-state index in [0.717, 1.165) is 5.69 Å². The SMILES string of the molecule is CCOC(=O)/C(C#N)=C/Nc1c(C)n(C)n(-c2ccccc2)c1=O. The average Bonchev–Trinajstić information content (AvgIpc) is 2.79. The van der Waals surface area contributed by atoms with Crippen molar-refractivity contribution in [3.63, 3.8) is 0 Å². The highest BCUT2D eigenvalue weighted by atomic mass is 16.5. The van der Waals surface area contributed by atoms with Crippen molar-refractivity contribution < 1.29 is 9.53 Å². The van der Waals surface area contributed by atoms with Gasteiger partial charge in [0, 0.05) is 13.2 Å². The number of nitrogens with one attached hydrogen (secondary N) is 1. The second-order valence-corrected chi connectivity index (χ2v) is 4.97. The van der Waals surface area contributed by atoms with Gasteiger partial charge in [0.2, 0.25) is 0 Å². The minimum Gasteiger partial charge on any atom is -0.462 e. The fourth-order valence-electron chi connectivity index (χ4n) is 2.22. The third kappa shape index (κ3) is 3.22. The maximum atomic E-state index is 12.7. The summed E-state index contributed by atoms with van der Waals surface area (Å²) in [5, 5.41) is 11.8. The van der Waals surface area contributed by atoms with Crippen molar-refractivity contribution in [1.82, 2.24) is 9.36 Å². The largest absolute Gasteiger partial charge is 0.462 e. The molecule has 1 aromatic heterocycles. The number of esters is 1. The van der Waals surface area contributed by atoms with Crippen LogP contribution in [0.1, 0.15) is 12.6 Å². The Hall–Kier alpha value is -3.27. The number of carbonyl (C=O) groups excluding carboxylic acids is 1. The lowest BCUT2D eigenvalue weighted by Gasteiger charge is -2.07. The van der Waals surface area contributed by atoms with Gasteiger partial charge in [0.15, 0.2) is 5.57 Å². The van der Waals surface area contributed by atoms with Gasteiger partial charge in [0.05, 0.1) is 18.0 Å². The van der Waals surface area contributed by atoms with E-state index < -0.39 is 5.97 Å². The van der Waals surface area contributed by atoms with Gasteiger partial charge in [-0.25, -0.2) is 9.48 Å². The van der Waals surface area contributed by atoms with Crippen LogP contribution in [-0.2, 0) is 16.6 Å². The number of nitrogens with zero attached hydrogens (tertiary/aromatic N) is 3. The summed E-state index contributed by atoms with van der Waals surface area (Å²) in [6, 6.07) is 10.9. The molecule has 1 heterocycles. The van der Waals surface area contributed by atoms with E-state index in [1.54, 1.807) is 31.6 Å². The van der Waals surface area contributed by atoms with Gasteiger partial charge in [-0.1, -0.05) is 18.2 Å². The summed E-state index contributed by atoms with van der Waals surface area (Å²) in [5.74, 6) is -0.732. The Morgan fingerprint density at radius 1 is 1.38 bits per heavy atom. The second kappa shape index (κ2) is 7.33. The lowest BCUT2D eigenvalue weighted by atomic mass is 10.3. The van der Waals surface area contributed by atoms with Crippen molar-refractivity contribution in [3.8, 4) is 11.8 Å². The predicted molar refractivity (Wildman–Crippen MR) is 89.7 cm³/mol. The number of carbonyl (C=O) groups is 1. The van der Waals surface area contributed by atoms with Gasteiger partial charge in [-0.15, -0.1) is 0 Å². The number of para-hydroxylation sites is 1. The van der Waals surface area contributed by atoms with Crippen LogP contribution in [0.4, 0.5) is 5.69 Å². The summed E-state index contributed by atoms with van der Waals surface area (Å²) < 4.78 is 7.98. The molecule has 0 atom stereocenters. The van der Waals surface area contributed by atoms with E-state index in [0.29, 0.717) is 11.4 Å². The zero-order valence-corrected chi connectivity index (χ0v) is 13.7. The molecular weight excluding hydrogens is 308 g/mol. The molecule has 0 saturated carbocycles. The molecule has 0 bridgehead atoms. The van der Waals surface area contributed by atoms with Crippen LogP contribution >= 0.6 is 0 Å². The van der Waals surface area contributed by atoms with E-state index in [-0.39, 0.29) is 17.7 Å². The van der Waals surface area contributed by atoms with Crippen LogP contribution in [0.15, 0.2) is 46.9 Å². The van der Waals surface area contributed by atoms with Gasteiger partial charge >= 0.3 is 5.97 Å². The molecule has 7 nitrogen and oxygen atoms in total. The Kier molecular flexibility index (Phi) is 5.22. The van der Waals surface area contributed by atoms with Crippen LogP contribution in [0, 0.1) is 18.3 Å². The number of rotatable bonds is 5. The highest BCUT2D eigenvalue weighted by Gasteiger charge is 2.16. The lowest BCUT2D eigenvalue weighted by molar-refractivity contribution is -0.138. The fraction of sp³-hybridized carbons (Fsp3) is 0.235. The van der Waals surface area contributed by atoms with E-state index in [1.807, 2.05) is 30.3 Å². The standard InChI is InChI=1S/C17H18N4O3/c1-4-24-17(23)13(10-18)11-19-15-12(2)20(3)21(16(15)22)14-8-6-5-7-9-14/h5-9,11,19H,4H2,1-3H3/b13-11+. The van der Waals surface area contributed by atoms with Gasteiger partial charge in [-0.2, -0.15) is 5.26 Å². The Labute approximate surface area is 139 Å². The number of hydrogen-bond acceptors (Lipinski definition) is 5. The van der Waals surface area contributed by atoms with Crippen molar-refractivity contribution in [2.45, 2.75) is 13.8 Å². The first-order chi connectivity index (χ1) is 11.5. The van der Waals surface area contributed by atoms with E-state index >= 15 is 0 Å².